The maximum absolute atomic E-state index is 12.1. The maximum atomic E-state index is 12.1. The Bertz CT molecular complexity index is 857. The number of benzene rings is 2. The average Bonchev–Trinajstić information content (AvgIpc) is 2.69. The van der Waals surface area contributed by atoms with Crippen LogP contribution in [0.1, 0.15) is 30.1 Å². The molecule has 0 saturated carbocycles. The molecule has 2 aromatic carbocycles. The van der Waals surface area contributed by atoms with Crippen LogP contribution in [0.4, 0.5) is 5.69 Å². The van der Waals surface area contributed by atoms with Gasteiger partial charge >= 0.3 is 0 Å². The Morgan fingerprint density at radius 1 is 1.00 bits per heavy atom. The van der Waals surface area contributed by atoms with E-state index in [-0.39, 0.29) is 17.7 Å². The molecule has 0 aliphatic carbocycles. The third-order valence-electron chi connectivity index (χ3n) is 3.82. The van der Waals surface area contributed by atoms with Crippen molar-refractivity contribution in [2.45, 2.75) is 19.8 Å². The van der Waals surface area contributed by atoms with Crippen molar-refractivity contribution in [2.75, 3.05) is 25.0 Å². The van der Waals surface area contributed by atoms with Gasteiger partial charge in [-0.3, -0.25) is 14.4 Å². The summed E-state index contributed by atoms with van der Waals surface area (Å²) in [6, 6.07) is 13.8. The first-order valence-electron chi connectivity index (χ1n) is 9.25. The molecule has 0 atom stereocenters. The smallest absolute Gasteiger partial charge is 0.251 e. The number of anilines is 1. The van der Waals surface area contributed by atoms with Crippen molar-refractivity contribution in [2.24, 2.45) is 0 Å². The molecule has 0 unspecified atom stereocenters. The number of nitrogens with one attached hydrogen (secondary N) is 3. The van der Waals surface area contributed by atoms with Gasteiger partial charge in [0.05, 0.1) is 11.6 Å². The first-order chi connectivity index (χ1) is 14.0. The summed E-state index contributed by atoms with van der Waals surface area (Å²) in [7, 11) is 0. The second-order valence-corrected chi connectivity index (χ2v) is 6.66. The predicted octanol–water partition coefficient (Wildman–Crippen LogP) is 3.00. The topological polar surface area (TPSA) is 96.5 Å². The van der Waals surface area contributed by atoms with E-state index in [1.165, 1.54) is 6.92 Å². The minimum Gasteiger partial charge on any atom is -0.492 e. The van der Waals surface area contributed by atoms with Crippen LogP contribution in [0.25, 0.3) is 0 Å². The molecule has 0 aliphatic rings. The van der Waals surface area contributed by atoms with Crippen LogP contribution in [0.5, 0.6) is 5.75 Å². The highest BCUT2D eigenvalue weighted by atomic mass is 35.5. The fraction of sp³-hybridized carbons (Fsp3) is 0.286. The summed E-state index contributed by atoms with van der Waals surface area (Å²) in [5.41, 5.74) is 0.983. The molecule has 2 rings (SSSR count). The van der Waals surface area contributed by atoms with E-state index < -0.39 is 0 Å². The lowest BCUT2D eigenvalue weighted by molar-refractivity contribution is -0.121. The molecule has 0 saturated heterocycles. The van der Waals surface area contributed by atoms with Gasteiger partial charge in [-0.15, -0.1) is 0 Å². The van der Waals surface area contributed by atoms with Crippen LogP contribution < -0.4 is 20.7 Å². The number of hydrogen-bond acceptors (Lipinski definition) is 4. The van der Waals surface area contributed by atoms with E-state index in [0.717, 1.165) is 0 Å². The Morgan fingerprint density at radius 2 is 1.76 bits per heavy atom. The van der Waals surface area contributed by atoms with Crippen molar-refractivity contribution in [3.63, 3.8) is 0 Å². The monoisotopic (exact) mass is 417 g/mol. The zero-order valence-corrected chi connectivity index (χ0v) is 16.9. The zero-order chi connectivity index (χ0) is 21.1. The van der Waals surface area contributed by atoms with Crippen LogP contribution in [0.2, 0.25) is 5.02 Å². The van der Waals surface area contributed by atoms with Gasteiger partial charge in [0.2, 0.25) is 11.8 Å². The standard InChI is InChI=1S/C21H24ClN3O4/c1-15(26)25-17-7-4-6-16(14-17)21(28)24-12-11-23-20(27)10-5-13-29-19-9-3-2-8-18(19)22/h2-4,6-9,14H,5,10-13H2,1H3,(H,23,27)(H,24,28)(H,25,26). The number of rotatable bonds is 10. The molecule has 7 nitrogen and oxygen atoms in total. The molecule has 3 N–H and O–H groups in total. The summed E-state index contributed by atoms with van der Waals surface area (Å²) in [5.74, 6) is -0.00310. The molecule has 0 aromatic heterocycles. The van der Waals surface area contributed by atoms with E-state index in [1.807, 2.05) is 12.1 Å². The average molecular weight is 418 g/mol. The number of carbonyl (C=O) groups is 3. The van der Waals surface area contributed by atoms with E-state index in [2.05, 4.69) is 16.0 Å². The first kappa shape index (κ1) is 22.2. The van der Waals surface area contributed by atoms with E-state index in [0.29, 0.717) is 54.6 Å². The summed E-state index contributed by atoms with van der Waals surface area (Å²) in [6.07, 6.45) is 0.872. The molecule has 3 amide bonds. The van der Waals surface area contributed by atoms with Gasteiger partial charge in [0, 0.05) is 37.7 Å². The summed E-state index contributed by atoms with van der Waals surface area (Å²) >= 11 is 5.99. The SMILES string of the molecule is CC(=O)Nc1cccc(C(=O)NCCNC(=O)CCCOc2ccccc2Cl)c1. The Kier molecular flexibility index (Phi) is 8.98. The van der Waals surface area contributed by atoms with Crippen molar-refractivity contribution in [1.82, 2.24) is 10.6 Å². The lowest BCUT2D eigenvalue weighted by Gasteiger charge is -2.09. The largest absolute Gasteiger partial charge is 0.492 e. The zero-order valence-electron chi connectivity index (χ0n) is 16.2. The summed E-state index contributed by atoms with van der Waals surface area (Å²) in [6.45, 7) is 2.41. The number of ether oxygens (including phenoxy) is 1. The van der Waals surface area contributed by atoms with Crippen molar-refractivity contribution in [3.05, 3.63) is 59.1 Å². The highest BCUT2D eigenvalue weighted by Gasteiger charge is 2.07. The number of carbonyl (C=O) groups excluding carboxylic acids is 3. The van der Waals surface area contributed by atoms with E-state index >= 15 is 0 Å². The van der Waals surface area contributed by atoms with Gasteiger partial charge in [-0.05, 0) is 36.8 Å². The first-order valence-corrected chi connectivity index (χ1v) is 9.63. The van der Waals surface area contributed by atoms with E-state index in [9.17, 15) is 14.4 Å². The molecule has 8 heteroatoms. The third-order valence-corrected chi connectivity index (χ3v) is 4.13. The summed E-state index contributed by atoms with van der Waals surface area (Å²) in [5, 5.41) is 8.63. The van der Waals surface area contributed by atoms with Crippen LogP contribution in [-0.4, -0.2) is 37.4 Å². The van der Waals surface area contributed by atoms with Crippen molar-refractivity contribution in [3.8, 4) is 5.75 Å². The quantitative estimate of drug-likeness (QED) is 0.518. The Labute approximate surface area is 174 Å². The number of halogens is 1. The number of hydrogen-bond donors (Lipinski definition) is 3. The fourth-order valence-electron chi connectivity index (χ4n) is 2.49. The van der Waals surface area contributed by atoms with E-state index in [1.54, 1.807) is 36.4 Å². The molecule has 154 valence electrons. The second-order valence-electron chi connectivity index (χ2n) is 6.25. The molecule has 0 heterocycles. The second kappa shape index (κ2) is 11.7. The van der Waals surface area contributed by atoms with Crippen LogP contribution in [0.15, 0.2) is 48.5 Å². The molecular weight excluding hydrogens is 394 g/mol. The highest BCUT2D eigenvalue weighted by Crippen LogP contribution is 2.23. The highest BCUT2D eigenvalue weighted by molar-refractivity contribution is 6.32. The fourth-order valence-corrected chi connectivity index (χ4v) is 2.68. The Balaban J connectivity index is 1.61. The summed E-state index contributed by atoms with van der Waals surface area (Å²) in [4.78, 5) is 35.1. The summed E-state index contributed by atoms with van der Waals surface area (Å²) < 4.78 is 5.53. The molecule has 0 spiro atoms. The van der Waals surface area contributed by atoms with Gasteiger partial charge in [0.25, 0.3) is 5.91 Å². The minimum absolute atomic E-state index is 0.116. The van der Waals surface area contributed by atoms with Crippen LogP contribution in [0.3, 0.4) is 0 Å². The van der Waals surface area contributed by atoms with Crippen molar-refractivity contribution >= 4 is 35.0 Å². The van der Waals surface area contributed by atoms with Gasteiger partial charge in [-0.2, -0.15) is 0 Å². The van der Waals surface area contributed by atoms with Gasteiger partial charge in [-0.1, -0.05) is 29.8 Å². The molecule has 0 aliphatic heterocycles. The molecule has 29 heavy (non-hydrogen) atoms. The van der Waals surface area contributed by atoms with Gasteiger partial charge in [-0.25, -0.2) is 0 Å². The number of amides is 3. The van der Waals surface area contributed by atoms with E-state index in [4.69, 9.17) is 16.3 Å². The lowest BCUT2D eigenvalue weighted by Crippen LogP contribution is -2.34. The van der Waals surface area contributed by atoms with Crippen molar-refractivity contribution in [1.29, 1.82) is 0 Å². The van der Waals surface area contributed by atoms with Crippen LogP contribution in [-0.2, 0) is 9.59 Å². The van der Waals surface area contributed by atoms with Gasteiger partial charge in [0.15, 0.2) is 0 Å². The minimum atomic E-state index is -0.278. The third kappa shape index (κ3) is 8.23. The van der Waals surface area contributed by atoms with Crippen LogP contribution >= 0.6 is 11.6 Å². The molecule has 0 bridgehead atoms. The van der Waals surface area contributed by atoms with Gasteiger partial charge in [0.1, 0.15) is 5.75 Å². The molecule has 0 fully saturated rings. The normalized spacial score (nSPS) is 10.1. The molecule has 0 radical (unpaired) electrons. The van der Waals surface area contributed by atoms with Crippen LogP contribution in [0, 0.1) is 0 Å². The van der Waals surface area contributed by atoms with Crippen molar-refractivity contribution < 1.29 is 19.1 Å². The Morgan fingerprint density at radius 3 is 2.52 bits per heavy atom. The maximum Gasteiger partial charge on any atom is 0.251 e. The molecular formula is C21H24ClN3O4. The van der Waals surface area contributed by atoms with Gasteiger partial charge < -0.3 is 20.7 Å². The Hall–Kier alpha value is -3.06. The predicted molar refractivity (Wildman–Crippen MR) is 112 cm³/mol. The number of para-hydroxylation sites is 1. The molecule has 2 aromatic rings. The lowest BCUT2D eigenvalue weighted by atomic mass is 10.2.